The van der Waals surface area contributed by atoms with Crippen LogP contribution in [0.15, 0.2) is 42.7 Å². The van der Waals surface area contributed by atoms with Crippen LogP contribution < -0.4 is 15.1 Å². The number of piperazine rings is 1. The number of rotatable bonds is 6. The van der Waals surface area contributed by atoms with Gasteiger partial charge in [0.1, 0.15) is 0 Å². The molecule has 38 heavy (non-hydrogen) atoms. The van der Waals surface area contributed by atoms with E-state index in [4.69, 9.17) is 4.74 Å². The Morgan fingerprint density at radius 2 is 1.76 bits per heavy atom. The van der Waals surface area contributed by atoms with Crippen molar-refractivity contribution in [2.75, 3.05) is 69.8 Å². The number of amides is 2. The number of anilines is 2. The standard InChI is InChI=1S/C28H39N7O2S/c1-32-13-15-34(16-14-32)25-29-18-23(19-30-25)35-21-27(31-26(35)36)9-11-28(12-10-27,22-6-4-3-5-7-22)33(2)38-24-8-17-37-20-24/h3-7,18-19,24H,8-17,20-21H2,1-2H3,(H,31,36)/t24?,27-,28+. The number of nitrogens with zero attached hydrogens (tertiary/aromatic N) is 6. The maximum absolute atomic E-state index is 13.2. The van der Waals surface area contributed by atoms with Gasteiger partial charge in [0.25, 0.3) is 0 Å². The van der Waals surface area contributed by atoms with Gasteiger partial charge >= 0.3 is 6.03 Å². The second-order valence-corrected chi connectivity index (χ2v) is 12.7. The van der Waals surface area contributed by atoms with Gasteiger partial charge in [-0.2, -0.15) is 0 Å². The molecule has 4 aliphatic rings. The van der Waals surface area contributed by atoms with E-state index in [2.05, 4.69) is 73.8 Å². The third-order valence-electron chi connectivity index (χ3n) is 8.94. The molecule has 1 N–H and O–H groups in total. The first kappa shape index (κ1) is 25.9. The van der Waals surface area contributed by atoms with Crippen LogP contribution in [0.3, 0.4) is 0 Å². The molecule has 9 nitrogen and oxygen atoms in total. The summed E-state index contributed by atoms with van der Waals surface area (Å²) in [5.74, 6) is 0.745. The fourth-order valence-electron chi connectivity index (χ4n) is 6.42. The minimum absolute atomic E-state index is 0.0426. The molecule has 1 unspecified atom stereocenters. The van der Waals surface area contributed by atoms with E-state index < -0.39 is 0 Å². The highest BCUT2D eigenvalue weighted by atomic mass is 32.2. The molecule has 1 atom stereocenters. The lowest BCUT2D eigenvalue weighted by Crippen LogP contribution is -2.53. The van der Waals surface area contributed by atoms with Crippen LogP contribution in [0.1, 0.15) is 37.7 Å². The summed E-state index contributed by atoms with van der Waals surface area (Å²) in [6, 6.07) is 10.9. The first-order valence-corrected chi connectivity index (χ1v) is 14.7. The molecule has 2 amide bonds. The summed E-state index contributed by atoms with van der Waals surface area (Å²) in [6.45, 7) is 6.20. The number of hydrogen-bond donors (Lipinski definition) is 1. The molecule has 4 heterocycles. The van der Waals surface area contributed by atoms with Gasteiger partial charge in [-0.1, -0.05) is 42.3 Å². The largest absolute Gasteiger partial charge is 0.380 e. The molecule has 1 spiro atoms. The monoisotopic (exact) mass is 537 g/mol. The summed E-state index contributed by atoms with van der Waals surface area (Å²) < 4.78 is 8.15. The van der Waals surface area contributed by atoms with Crippen LogP contribution in [-0.4, -0.2) is 96.0 Å². The number of benzene rings is 1. The van der Waals surface area contributed by atoms with Gasteiger partial charge in [0.15, 0.2) is 0 Å². The van der Waals surface area contributed by atoms with Crippen LogP contribution in [-0.2, 0) is 10.3 Å². The third-order valence-corrected chi connectivity index (χ3v) is 10.3. The van der Waals surface area contributed by atoms with E-state index in [1.807, 2.05) is 29.2 Å². The molecule has 3 aliphatic heterocycles. The van der Waals surface area contributed by atoms with Crippen LogP contribution in [0, 0.1) is 0 Å². The molecule has 10 heteroatoms. The van der Waals surface area contributed by atoms with Gasteiger partial charge in [0.2, 0.25) is 5.95 Å². The van der Waals surface area contributed by atoms with Crippen molar-refractivity contribution in [1.82, 2.24) is 24.5 Å². The number of carbonyl (C=O) groups is 1. The fourth-order valence-corrected chi connectivity index (χ4v) is 7.72. The minimum Gasteiger partial charge on any atom is -0.380 e. The van der Waals surface area contributed by atoms with Crippen LogP contribution in [0.4, 0.5) is 16.4 Å². The Hall–Kier alpha value is -2.40. The Balaban J connectivity index is 1.15. The number of carbonyl (C=O) groups excluding carboxylic acids is 1. The zero-order valence-corrected chi connectivity index (χ0v) is 23.3. The molecule has 0 radical (unpaired) electrons. The van der Waals surface area contributed by atoms with Gasteiger partial charge in [-0.05, 0) is 51.8 Å². The third kappa shape index (κ3) is 4.99. The predicted octanol–water partition coefficient (Wildman–Crippen LogP) is 3.34. The summed E-state index contributed by atoms with van der Waals surface area (Å²) in [5.41, 5.74) is 1.84. The minimum atomic E-state index is -0.229. The summed E-state index contributed by atoms with van der Waals surface area (Å²) in [4.78, 5) is 28.8. The van der Waals surface area contributed by atoms with Crippen LogP contribution in [0.5, 0.6) is 0 Å². The molecule has 6 rings (SSSR count). The Labute approximate surface area is 230 Å². The van der Waals surface area contributed by atoms with Gasteiger partial charge in [-0.15, -0.1) is 0 Å². The van der Waals surface area contributed by atoms with Crippen molar-refractivity contribution in [3.63, 3.8) is 0 Å². The number of urea groups is 1. The van der Waals surface area contributed by atoms with Crippen molar-refractivity contribution < 1.29 is 9.53 Å². The average Bonchev–Trinajstić information content (AvgIpc) is 3.58. The number of ether oxygens (including phenoxy) is 1. The zero-order chi connectivity index (χ0) is 26.2. The van der Waals surface area contributed by atoms with Gasteiger partial charge < -0.3 is 19.9 Å². The van der Waals surface area contributed by atoms with Crippen LogP contribution in [0.2, 0.25) is 0 Å². The number of hydrogen-bond acceptors (Lipinski definition) is 8. The quantitative estimate of drug-likeness (QED) is 0.563. The molecule has 204 valence electrons. The Morgan fingerprint density at radius 1 is 1.05 bits per heavy atom. The van der Waals surface area contributed by atoms with Crippen molar-refractivity contribution in [3.05, 3.63) is 48.3 Å². The molecule has 1 aliphatic carbocycles. The normalized spacial score (nSPS) is 30.4. The first-order valence-electron chi connectivity index (χ1n) is 13.9. The second kappa shape index (κ2) is 10.6. The predicted molar refractivity (Wildman–Crippen MR) is 152 cm³/mol. The molecule has 2 aromatic rings. The SMILES string of the molecule is CN1CCN(c2ncc(N3C[C@]4(CC[C@](c5ccccc5)(N(C)SC5CCOC5)CC4)NC3=O)cn2)CC1. The topological polar surface area (TPSA) is 77.1 Å². The molecule has 1 aromatic heterocycles. The van der Waals surface area contributed by atoms with Crippen molar-refractivity contribution >= 4 is 29.6 Å². The van der Waals surface area contributed by atoms with E-state index in [0.717, 1.165) is 83.1 Å². The molecular formula is C28H39N7O2S. The lowest BCUT2D eigenvalue weighted by Gasteiger charge is -2.49. The summed E-state index contributed by atoms with van der Waals surface area (Å²) in [7, 11) is 4.38. The van der Waals surface area contributed by atoms with Crippen LogP contribution in [0.25, 0.3) is 0 Å². The van der Waals surface area contributed by atoms with Gasteiger partial charge in [0.05, 0.1) is 42.3 Å². The average molecular weight is 538 g/mol. The maximum atomic E-state index is 13.2. The number of likely N-dealkylation sites (N-methyl/N-ethyl adjacent to an activating group) is 1. The van der Waals surface area contributed by atoms with Gasteiger partial charge in [-0.3, -0.25) is 4.90 Å². The highest BCUT2D eigenvalue weighted by Crippen LogP contribution is 2.49. The smallest absolute Gasteiger partial charge is 0.322 e. The van der Waals surface area contributed by atoms with Crippen molar-refractivity contribution in [1.29, 1.82) is 0 Å². The fraction of sp³-hybridized carbons (Fsp3) is 0.607. The number of nitrogens with one attached hydrogen (secondary N) is 1. The van der Waals surface area contributed by atoms with Crippen LogP contribution >= 0.6 is 11.9 Å². The summed E-state index contributed by atoms with van der Waals surface area (Å²) in [5, 5.41) is 3.88. The van der Waals surface area contributed by atoms with E-state index in [1.54, 1.807) is 0 Å². The van der Waals surface area contributed by atoms with Gasteiger partial charge in [0, 0.05) is 38.0 Å². The molecule has 4 fully saturated rings. The van der Waals surface area contributed by atoms with E-state index >= 15 is 0 Å². The Morgan fingerprint density at radius 3 is 2.42 bits per heavy atom. The highest BCUT2D eigenvalue weighted by molar-refractivity contribution is 7.97. The number of aromatic nitrogens is 2. The summed E-state index contributed by atoms with van der Waals surface area (Å²) in [6.07, 6.45) is 8.55. The van der Waals surface area contributed by atoms with E-state index in [0.29, 0.717) is 11.8 Å². The first-order chi connectivity index (χ1) is 18.5. The van der Waals surface area contributed by atoms with Crippen molar-refractivity contribution in [3.8, 4) is 0 Å². The molecule has 1 aromatic carbocycles. The Kier molecular flexibility index (Phi) is 7.24. The highest BCUT2D eigenvalue weighted by Gasteiger charge is 2.51. The van der Waals surface area contributed by atoms with E-state index in [1.165, 1.54) is 5.56 Å². The van der Waals surface area contributed by atoms with E-state index in [9.17, 15) is 4.79 Å². The maximum Gasteiger partial charge on any atom is 0.322 e. The lowest BCUT2D eigenvalue weighted by molar-refractivity contribution is 0.112. The second-order valence-electron chi connectivity index (χ2n) is 11.3. The van der Waals surface area contributed by atoms with Crippen molar-refractivity contribution in [2.45, 2.75) is 48.4 Å². The lowest BCUT2D eigenvalue weighted by atomic mass is 9.69. The molecular weight excluding hydrogens is 498 g/mol. The zero-order valence-electron chi connectivity index (χ0n) is 22.5. The summed E-state index contributed by atoms with van der Waals surface area (Å²) >= 11 is 1.94. The van der Waals surface area contributed by atoms with E-state index in [-0.39, 0.29) is 17.1 Å². The molecule has 1 saturated carbocycles. The Bertz CT molecular complexity index is 1100. The van der Waals surface area contributed by atoms with Crippen molar-refractivity contribution in [2.24, 2.45) is 0 Å². The molecule has 3 saturated heterocycles. The van der Waals surface area contributed by atoms with Gasteiger partial charge in [-0.25, -0.2) is 19.1 Å². The molecule has 0 bridgehead atoms.